The third-order valence-corrected chi connectivity index (χ3v) is 3.34. The van der Waals surface area contributed by atoms with Crippen LogP contribution in [-0.2, 0) is 6.54 Å². The van der Waals surface area contributed by atoms with Crippen molar-refractivity contribution in [2.75, 3.05) is 12.4 Å². The highest BCUT2D eigenvalue weighted by Crippen LogP contribution is 2.20. The highest BCUT2D eigenvalue weighted by Gasteiger charge is 2.15. The number of benzene rings is 1. The van der Waals surface area contributed by atoms with Crippen molar-refractivity contribution >= 4 is 34.1 Å². The summed E-state index contributed by atoms with van der Waals surface area (Å²) in [6.07, 6.45) is 0. The van der Waals surface area contributed by atoms with Gasteiger partial charge in [-0.05, 0) is 12.1 Å². The van der Waals surface area contributed by atoms with Crippen molar-refractivity contribution in [3.8, 4) is 0 Å². The topological polar surface area (TPSA) is 58.1 Å². The molecule has 0 aliphatic rings. The second-order valence-corrected chi connectivity index (χ2v) is 4.97. The van der Waals surface area contributed by atoms with E-state index >= 15 is 0 Å². The SMILES string of the molecule is CN(Cc1c(F)cccc1Cl)C(=O)Nc1nncs1. The molecule has 0 spiro atoms. The van der Waals surface area contributed by atoms with Gasteiger partial charge in [0, 0.05) is 17.6 Å². The molecule has 19 heavy (non-hydrogen) atoms. The Morgan fingerprint density at radius 3 is 3.00 bits per heavy atom. The largest absolute Gasteiger partial charge is 0.323 e. The molecule has 2 aromatic rings. The van der Waals surface area contributed by atoms with Crippen LogP contribution in [0, 0.1) is 5.82 Å². The molecule has 0 atom stereocenters. The molecule has 1 heterocycles. The number of hydrogen-bond donors (Lipinski definition) is 1. The summed E-state index contributed by atoms with van der Waals surface area (Å²) in [5.41, 5.74) is 1.78. The molecule has 1 aromatic heterocycles. The minimum atomic E-state index is -0.442. The first-order chi connectivity index (χ1) is 9.08. The van der Waals surface area contributed by atoms with Gasteiger partial charge < -0.3 is 4.90 Å². The van der Waals surface area contributed by atoms with E-state index in [1.807, 2.05) is 0 Å². The van der Waals surface area contributed by atoms with Crippen LogP contribution in [0.5, 0.6) is 0 Å². The second-order valence-electron chi connectivity index (χ2n) is 3.73. The number of carbonyl (C=O) groups is 1. The maximum absolute atomic E-state index is 13.6. The summed E-state index contributed by atoms with van der Waals surface area (Å²) in [5, 5.41) is 10.5. The molecule has 8 heteroatoms. The number of hydrogen-bond acceptors (Lipinski definition) is 4. The highest BCUT2D eigenvalue weighted by atomic mass is 35.5. The number of anilines is 1. The number of urea groups is 1. The van der Waals surface area contributed by atoms with Crippen molar-refractivity contribution in [3.63, 3.8) is 0 Å². The number of halogens is 2. The molecule has 0 radical (unpaired) electrons. The third kappa shape index (κ3) is 3.39. The van der Waals surface area contributed by atoms with Crippen LogP contribution in [0.4, 0.5) is 14.3 Å². The predicted molar refractivity (Wildman–Crippen MR) is 71.8 cm³/mol. The number of nitrogens with one attached hydrogen (secondary N) is 1. The average Bonchev–Trinajstić information content (AvgIpc) is 2.86. The Morgan fingerprint density at radius 1 is 1.58 bits per heavy atom. The first-order valence-corrected chi connectivity index (χ1v) is 6.55. The average molecular weight is 301 g/mol. The minimum Gasteiger partial charge on any atom is -0.323 e. The van der Waals surface area contributed by atoms with E-state index in [4.69, 9.17) is 11.6 Å². The van der Waals surface area contributed by atoms with Gasteiger partial charge in [-0.2, -0.15) is 0 Å². The maximum atomic E-state index is 13.6. The van der Waals surface area contributed by atoms with Crippen LogP contribution in [0.3, 0.4) is 0 Å². The van der Waals surface area contributed by atoms with E-state index in [0.717, 1.165) is 0 Å². The van der Waals surface area contributed by atoms with Crippen LogP contribution >= 0.6 is 22.9 Å². The lowest BCUT2D eigenvalue weighted by atomic mass is 10.2. The van der Waals surface area contributed by atoms with E-state index in [9.17, 15) is 9.18 Å². The lowest BCUT2D eigenvalue weighted by Crippen LogP contribution is -2.31. The fourth-order valence-electron chi connectivity index (χ4n) is 1.41. The summed E-state index contributed by atoms with van der Waals surface area (Å²) in [7, 11) is 1.54. The normalized spacial score (nSPS) is 10.3. The predicted octanol–water partition coefficient (Wildman–Crippen LogP) is 2.99. The van der Waals surface area contributed by atoms with Gasteiger partial charge in [-0.15, -0.1) is 10.2 Å². The lowest BCUT2D eigenvalue weighted by Gasteiger charge is -2.18. The van der Waals surface area contributed by atoms with E-state index in [0.29, 0.717) is 5.13 Å². The standard InChI is InChI=1S/C11H10ClFN4OS/c1-17(11(18)15-10-16-14-6-19-10)5-7-8(12)3-2-4-9(7)13/h2-4,6H,5H2,1H3,(H,15,16,18). The first-order valence-electron chi connectivity index (χ1n) is 5.29. The van der Waals surface area contributed by atoms with E-state index in [1.165, 1.54) is 33.9 Å². The number of nitrogens with zero attached hydrogens (tertiary/aromatic N) is 3. The quantitative estimate of drug-likeness (QED) is 0.948. The molecule has 100 valence electrons. The smallest absolute Gasteiger partial charge is 0.323 e. The number of carbonyl (C=O) groups excluding carboxylic acids is 1. The van der Waals surface area contributed by atoms with Gasteiger partial charge in [0.25, 0.3) is 0 Å². The number of rotatable bonds is 3. The molecule has 5 nitrogen and oxygen atoms in total. The van der Waals surface area contributed by atoms with Crippen LogP contribution in [0.1, 0.15) is 5.56 Å². The van der Waals surface area contributed by atoms with Gasteiger partial charge in [0.15, 0.2) is 0 Å². The Hall–Kier alpha value is -1.73. The molecule has 0 bridgehead atoms. The van der Waals surface area contributed by atoms with Gasteiger partial charge in [-0.1, -0.05) is 29.0 Å². The molecule has 0 saturated carbocycles. The van der Waals surface area contributed by atoms with Gasteiger partial charge in [0.1, 0.15) is 11.3 Å². The van der Waals surface area contributed by atoms with Crippen molar-refractivity contribution < 1.29 is 9.18 Å². The van der Waals surface area contributed by atoms with Gasteiger partial charge in [0.05, 0.1) is 6.54 Å². The van der Waals surface area contributed by atoms with Crippen molar-refractivity contribution in [1.82, 2.24) is 15.1 Å². The Labute approximate surface area is 118 Å². The zero-order valence-electron chi connectivity index (χ0n) is 9.93. The van der Waals surface area contributed by atoms with Gasteiger partial charge >= 0.3 is 6.03 Å². The minimum absolute atomic E-state index is 0.0656. The van der Waals surface area contributed by atoms with Crippen LogP contribution in [0.15, 0.2) is 23.7 Å². The van der Waals surface area contributed by atoms with Crippen LogP contribution in [-0.4, -0.2) is 28.2 Å². The zero-order valence-corrected chi connectivity index (χ0v) is 11.5. The van der Waals surface area contributed by atoms with Gasteiger partial charge in [-0.25, -0.2) is 9.18 Å². The summed E-state index contributed by atoms with van der Waals surface area (Å²) in [6.45, 7) is 0.0656. The molecule has 0 aliphatic heterocycles. The maximum Gasteiger partial charge on any atom is 0.323 e. The van der Waals surface area contributed by atoms with E-state index < -0.39 is 11.8 Å². The zero-order chi connectivity index (χ0) is 13.8. The Balaban J connectivity index is 2.04. The molecule has 0 fully saturated rings. The highest BCUT2D eigenvalue weighted by molar-refractivity contribution is 7.13. The van der Waals surface area contributed by atoms with Crippen LogP contribution in [0.2, 0.25) is 5.02 Å². The molecule has 2 rings (SSSR count). The van der Waals surface area contributed by atoms with Crippen molar-refractivity contribution in [1.29, 1.82) is 0 Å². The van der Waals surface area contributed by atoms with Crippen molar-refractivity contribution in [2.24, 2.45) is 0 Å². The van der Waals surface area contributed by atoms with Gasteiger partial charge in [-0.3, -0.25) is 5.32 Å². The molecule has 0 unspecified atom stereocenters. The van der Waals surface area contributed by atoms with Gasteiger partial charge in [0.2, 0.25) is 5.13 Å². The molecule has 0 aliphatic carbocycles. The second kappa shape index (κ2) is 5.94. The van der Waals surface area contributed by atoms with E-state index in [-0.39, 0.29) is 17.1 Å². The summed E-state index contributed by atoms with van der Waals surface area (Å²) in [5.74, 6) is -0.442. The van der Waals surface area contributed by atoms with Crippen molar-refractivity contribution in [2.45, 2.75) is 6.54 Å². The Morgan fingerprint density at radius 2 is 2.37 bits per heavy atom. The Kier molecular flexibility index (Phi) is 4.28. The molecular formula is C11H10ClFN4OS. The first kappa shape index (κ1) is 13.7. The Bertz CT molecular complexity index is 558. The van der Waals surface area contributed by atoms with E-state index in [1.54, 1.807) is 13.1 Å². The number of aromatic nitrogens is 2. The van der Waals surface area contributed by atoms with Crippen molar-refractivity contribution in [3.05, 3.63) is 40.1 Å². The molecule has 1 N–H and O–H groups in total. The summed E-state index contributed by atoms with van der Waals surface area (Å²) in [6, 6.07) is 3.99. The monoisotopic (exact) mass is 300 g/mol. The summed E-state index contributed by atoms with van der Waals surface area (Å²) >= 11 is 7.10. The van der Waals surface area contributed by atoms with Crippen LogP contribution in [0.25, 0.3) is 0 Å². The fraction of sp³-hybridized carbons (Fsp3) is 0.182. The van der Waals surface area contributed by atoms with E-state index in [2.05, 4.69) is 15.5 Å². The fourth-order valence-corrected chi connectivity index (χ4v) is 2.06. The summed E-state index contributed by atoms with van der Waals surface area (Å²) in [4.78, 5) is 13.1. The number of amides is 2. The summed E-state index contributed by atoms with van der Waals surface area (Å²) < 4.78 is 13.6. The third-order valence-electron chi connectivity index (χ3n) is 2.38. The lowest BCUT2D eigenvalue weighted by molar-refractivity contribution is 0.220. The molecular weight excluding hydrogens is 291 g/mol. The molecule has 1 aromatic carbocycles. The molecule has 2 amide bonds. The van der Waals surface area contributed by atoms with Crippen LogP contribution < -0.4 is 5.32 Å². The molecule has 0 saturated heterocycles.